The molecule has 1 aliphatic heterocycles. The lowest BCUT2D eigenvalue weighted by Gasteiger charge is -2.22. The van der Waals surface area contributed by atoms with Gasteiger partial charge in [-0.1, -0.05) is 24.3 Å². The third-order valence-corrected chi connectivity index (χ3v) is 7.11. The van der Waals surface area contributed by atoms with Crippen LogP contribution in [0.5, 0.6) is 11.5 Å². The van der Waals surface area contributed by atoms with Crippen LogP contribution in [0.3, 0.4) is 0 Å². The van der Waals surface area contributed by atoms with Gasteiger partial charge < -0.3 is 14.2 Å². The smallest absolute Gasteiger partial charge is 0.262 e. The Balaban J connectivity index is 1.62. The second-order valence-corrected chi connectivity index (χ2v) is 9.46. The molecule has 0 saturated carbocycles. The first-order chi connectivity index (χ1) is 15.5. The van der Waals surface area contributed by atoms with Gasteiger partial charge in [0.25, 0.3) is 10.0 Å². The van der Waals surface area contributed by atoms with Crippen LogP contribution in [0.15, 0.2) is 65.8 Å². The van der Waals surface area contributed by atoms with E-state index in [1.807, 2.05) is 48.5 Å². The number of methoxy groups -OCH3 is 2. The minimum Gasteiger partial charge on any atom is -0.497 e. The highest BCUT2D eigenvalue weighted by Crippen LogP contribution is 2.26. The second kappa shape index (κ2) is 9.72. The van der Waals surface area contributed by atoms with Crippen molar-refractivity contribution in [3.63, 3.8) is 0 Å². The monoisotopic (exact) mass is 457 g/mol. The van der Waals surface area contributed by atoms with Crippen molar-refractivity contribution in [1.82, 2.24) is 14.1 Å². The molecule has 1 fully saturated rings. The van der Waals surface area contributed by atoms with Crippen molar-refractivity contribution in [3.05, 3.63) is 71.9 Å². The number of nitrogens with zero attached hydrogens (tertiary/aromatic N) is 3. The molecule has 1 aliphatic rings. The van der Waals surface area contributed by atoms with E-state index in [0.29, 0.717) is 18.1 Å². The summed E-state index contributed by atoms with van der Waals surface area (Å²) in [5.74, 6) is 1.43. The Morgan fingerprint density at radius 3 is 2.00 bits per heavy atom. The molecular weight excluding hydrogens is 430 g/mol. The van der Waals surface area contributed by atoms with Crippen molar-refractivity contribution in [2.45, 2.75) is 37.2 Å². The molecule has 0 aliphatic carbocycles. The highest BCUT2D eigenvalue weighted by molar-refractivity contribution is 7.89. The molecule has 0 radical (unpaired) electrons. The van der Waals surface area contributed by atoms with Crippen molar-refractivity contribution in [2.24, 2.45) is 0 Å². The van der Waals surface area contributed by atoms with E-state index >= 15 is 0 Å². The minimum absolute atomic E-state index is 0.00928. The van der Waals surface area contributed by atoms with Gasteiger partial charge in [-0.3, -0.25) is 0 Å². The second-order valence-electron chi connectivity index (χ2n) is 7.57. The summed E-state index contributed by atoms with van der Waals surface area (Å²) < 4.78 is 46.2. The van der Waals surface area contributed by atoms with Gasteiger partial charge in [0, 0.05) is 25.9 Å². The Bertz CT molecular complexity index is 1070. The number of benzene rings is 2. The van der Waals surface area contributed by atoms with Gasteiger partial charge in [-0.15, -0.1) is 0 Å². The van der Waals surface area contributed by atoms with Crippen molar-refractivity contribution >= 4 is 10.0 Å². The van der Waals surface area contributed by atoms with Crippen molar-refractivity contribution in [2.75, 3.05) is 20.8 Å². The van der Waals surface area contributed by atoms with E-state index in [9.17, 15) is 8.42 Å². The fraction of sp³-hybridized carbons (Fsp3) is 0.348. The topological polar surface area (TPSA) is 82.9 Å². The van der Waals surface area contributed by atoms with E-state index in [2.05, 4.69) is 5.10 Å². The molecule has 32 heavy (non-hydrogen) atoms. The van der Waals surface area contributed by atoms with E-state index in [0.717, 1.165) is 24.0 Å². The molecule has 1 aromatic heterocycles. The average Bonchev–Trinajstić information content (AvgIpc) is 3.52. The van der Waals surface area contributed by atoms with E-state index in [1.165, 1.54) is 10.4 Å². The van der Waals surface area contributed by atoms with Crippen LogP contribution < -0.4 is 9.47 Å². The van der Waals surface area contributed by atoms with Crippen LogP contribution in [0.2, 0.25) is 0 Å². The minimum atomic E-state index is -3.85. The summed E-state index contributed by atoms with van der Waals surface area (Å²) in [5.41, 5.74) is 1.70. The van der Waals surface area contributed by atoms with Crippen LogP contribution in [-0.4, -0.2) is 43.3 Å². The summed E-state index contributed by atoms with van der Waals surface area (Å²) in [7, 11) is -0.660. The number of ether oxygens (including phenoxy) is 3. The van der Waals surface area contributed by atoms with Crippen LogP contribution in [0.4, 0.5) is 0 Å². The van der Waals surface area contributed by atoms with Crippen LogP contribution >= 0.6 is 0 Å². The number of hydrogen-bond donors (Lipinski definition) is 0. The van der Waals surface area contributed by atoms with Gasteiger partial charge in [0.15, 0.2) is 5.03 Å². The zero-order valence-electron chi connectivity index (χ0n) is 18.2. The van der Waals surface area contributed by atoms with Crippen LogP contribution in [0, 0.1) is 0 Å². The quantitative estimate of drug-likeness (QED) is 0.488. The molecule has 3 aromatic rings. The molecular formula is C23H27N3O5S. The van der Waals surface area contributed by atoms with Gasteiger partial charge in [-0.05, 0) is 54.3 Å². The summed E-state index contributed by atoms with van der Waals surface area (Å²) in [6.07, 6.45) is 3.22. The van der Waals surface area contributed by atoms with E-state index < -0.39 is 10.0 Å². The van der Waals surface area contributed by atoms with Gasteiger partial charge in [-0.25, -0.2) is 13.1 Å². The van der Waals surface area contributed by atoms with Crippen molar-refractivity contribution < 1.29 is 22.6 Å². The molecule has 1 saturated heterocycles. The molecule has 2 heterocycles. The standard InChI is InChI=1S/C23H27N3O5S/c1-29-20-9-5-18(6-10-20)16-25(17-19-7-11-21(30-2)12-8-19)32(27,28)22-13-14-26(24-22)23-4-3-15-31-23/h5-14,23H,3-4,15-17H2,1-2H3. The fourth-order valence-corrected chi connectivity index (χ4v) is 4.95. The van der Waals surface area contributed by atoms with Gasteiger partial charge in [0.2, 0.25) is 0 Å². The molecule has 9 heteroatoms. The first kappa shape index (κ1) is 22.3. The molecule has 170 valence electrons. The van der Waals surface area contributed by atoms with Gasteiger partial charge in [0.1, 0.15) is 17.7 Å². The fourth-order valence-electron chi connectivity index (χ4n) is 3.62. The molecule has 0 N–H and O–H groups in total. The Kier molecular flexibility index (Phi) is 6.78. The molecule has 1 atom stereocenters. The number of aromatic nitrogens is 2. The normalized spacial score (nSPS) is 16.4. The maximum atomic E-state index is 13.6. The molecule has 4 rings (SSSR count). The lowest BCUT2D eigenvalue weighted by atomic mass is 10.2. The van der Waals surface area contributed by atoms with Gasteiger partial charge in [-0.2, -0.15) is 9.40 Å². The zero-order chi connectivity index (χ0) is 22.6. The van der Waals surface area contributed by atoms with Crippen LogP contribution in [-0.2, 0) is 27.8 Å². The van der Waals surface area contributed by atoms with Gasteiger partial charge in [0.05, 0.1) is 14.2 Å². The number of hydrogen-bond acceptors (Lipinski definition) is 6. The van der Waals surface area contributed by atoms with Gasteiger partial charge >= 0.3 is 0 Å². The lowest BCUT2D eigenvalue weighted by molar-refractivity contribution is 0.0458. The highest BCUT2D eigenvalue weighted by atomic mass is 32.2. The first-order valence-corrected chi connectivity index (χ1v) is 11.9. The predicted octanol–water partition coefficient (Wildman–Crippen LogP) is 3.60. The summed E-state index contributed by atoms with van der Waals surface area (Å²) >= 11 is 0. The van der Waals surface area contributed by atoms with Crippen molar-refractivity contribution in [1.29, 1.82) is 0 Å². The van der Waals surface area contributed by atoms with Crippen molar-refractivity contribution in [3.8, 4) is 11.5 Å². The Hall–Kier alpha value is -2.88. The Morgan fingerprint density at radius 1 is 0.969 bits per heavy atom. The number of rotatable bonds is 9. The maximum absolute atomic E-state index is 13.6. The lowest BCUT2D eigenvalue weighted by Crippen LogP contribution is -2.30. The molecule has 0 bridgehead atoms. The summed E-state index contributed by atoms with van der Waals surface area (Å²) in [4.78, 5) is 0. The van der Waals surface area contributed by atoms with Crippen LogP contribution in [0.1, 0.15) is 30.2 Å². The molecule has 2 aromatic carbocycles. The summed E-state index contributed by atoms with van der Waals surface area (Å²) in [6, 6.07) is 16.3. The molecule has 0 spiro atoms. The summed E-state index contributed by atoms with van der Waals surface area (Å²) in [6.45, 7) is 1.06. The first-order valence-electron chi connectivity index (χ1n) is 10.4. The molecule has 0 amide bonds. The van der Waals surface area contributed by atoms with Crippen LogP contribution in [0.25, 0.3) is 0 Å². The maximum Gasteiger partial charge on any atom is 0.262 e. The van der Waals surface area contributed by atoms with E-state index in [-0.39, 0.29) is 24.3 Å². The predicted molar refractivity (Wildman–Crippen MR) is 119 cm³/mol. The third-order valence-electron chi connectivity index (χ3n) is 5.42. The molecule has 8 nitrogen and oxygen atoms in total. The summed E-state index contributed by atoms with van der Waals surface area (Å²) in [5, 5.41) is 4.35. The Morgan fingerprint density at radius 2 is 1.53 bits per heavy atom. The molecule has 1 unspecified atom stereocenters. The largest absolute Gasteiger partial charge is 0.497 e. The van der Waals surface area contributed by atoms with E-state index in [1.54, 1.807) is 25.1 Å². The Labute approximate surface area is 188 Å². The highest BCUT2D eigenvalue weighted by Gasteiger charge is 2.29. The zero-order valence-corrected chi connectivity index (χ0v) is 19.0. The number of sulfonamides is 1. The SMILES string of the molecule is COc1ccc(CN(Cc2ccc(OC)cc2)S(=O)(=O)c2ccn(C3CCCO3)n2)cc1. The average molecular weight is 458 g/mol. The third kappa shape index (κ3) is 4.95. The van der Waals surface area contributed by atoms with E-state index in [4.69, 9.17) is 14.2 Å².